The third-order valence-electron chi connectivity index (χ3n) is 2.33. The van der Waals surface area contributed by atoms with Crippen molar-refractivity contribution < 1.29 is 4.79 Å². The van der Waals surface area contributed by atoms with Gasteiger partial charge in [0.05, 0.1) is 5.56 Å². The van der Waals surface area contributed by atoms with Crippen LogP contribution >= 0.6 is 0 Å². The summed E-state index contributed by atoms with van der Waals surface area (Å²) in [5, 5.41) is 0. The first-order valence-electron chi connectivity index (χ1n) is 5.08. The van der Waals surface area contributed by atoms with Gasteiger partial charge in [-0.15, -0.1) is 0 Å². The van der Waals surface area contributed by atoms with Crippen LogP contribution in [0.25, 0.3) is 0 Å². The molecule has 0 atom stereocenters. The van der Waals surface area contributed by atoms with Crippen molar-refractivity contribution in [3.8, 4) is 0 Å². The van der Waals surface area contributed by atoms with Gasteiger partial charge in [-0.25, -0.2) is 4.98 Å². The Morgan fingerprint density at radius 1 is 1.35 bits per heavy atom. The average Bonchev–Trinajstić information content (AvgIpc) is 2.38. The minimum absolute atomic E-state index is 0.170. The van der Waals surface area contributed by atoms with E-state index in [-0.39, 0.29) is 5.91 Å². The molecule has 0 aromatic carbocycles. The van der Waals surface area contributed by atoms with Gasteiger partial charge >= 0.3 is 0 Å². The largest absolute Gasteiger partial charge is 0.399 e. The van der Waals surface area contributed by atoms with Gasteiger partial charge in [-0.3, -0.25) is 14.7 Å². The number of hydrogen-bond acceptors (Lipinski definition) is 4. The topological polar surface area (TPSA) is 72.1 Å². The van der Waals surface area contributed by atoms with Crippen molar-refractivity contribution in [3.05, 3.63) is 48.4 Å². The highest BCUT2D eigenvalue weighted by molar-refractivity contribution is 6.05. The van der Waals surface area contributed by atoms with Crippen LogP contribution in [0.4, 0.5) is 11.5 Å². The molecule has 0 aliphatic carbocycles. The fourth-order valence-corrected chi connectivity index (χ4v) is 1.40. The van der Waals surface area contributed by atoms with E-state index in [0.29, 0.717) is 17.1 Å². The molecule has 0 aliphatic heterocycles. The molecule has 2 aromatic rings. The predicted octanol–water partition coefficient (Wildman–Crippen LogP) is 1.34. The van der Waals surface area contributed by atoms with Gasteiger partial charge in [-0.1, -0.05) is 0 Å². The minimum atomic E-state index is -0.170. The van der Waals surface area contributed by atoms with Gasteiger partial charge < -0.3 is 5.73 Å². The van der Waals surface area contributed by atoms with Gasteiger partial charge in [0.25, 0.3) is 5.91 Å². The summed E-state index contributed by atoms with van der Waals surface area (Å²) >= 11 is 0. The van der Waals surface area contributed by atoms with Gasteiger partial charge in [0.2, 0.25) is 0 Å². The molecule has 0 radical (unpaired) electrons. The van der Waals surface area contributed by atoms with Crippen LogP contribution in [-0.2, 0) is 0 Å². The standard InChI is InChI=1S/C12H12N4O/c1-16(11-7-10(13)4-6-15-11)12(17)9-3-2-5-14-8-9/h2-8H,1H3,(H2,13,15). The zero-order valence-corrected chi connectivity index (χ0v) is 9.37. The molecule has 0 spiro atoms. The molecular weight excluding hydrogens is 216 g/mol. The van der Waals surface area contributed by atoms with E-state index in [2.05, 4.69) is 9.97 Å². The minimum Gasteiger partial charge on any atom is -0.399 e. The summed E-state index contributed by atoms with van der Waals surface area (Å²) in [4.78, 5) is 21.5. The van der Waals surface area contributed by atoms with E-state index in [0.717, 1.165) is 0 Å². The number of nitrogens with zero attached hydrogens (tertiary/aromatic N) is 3. The molecule has 2 aromatic heterocycles. The van der Waals surface area contributed by atoms with Crippen LogP contribution in [0, 0.1) is 0 Å². The molecule has 2 rings (SSSR count). The number of aromatic nitrogens is 2. The summed E-state index contributed by atoms with van der Waals surface area (Å²) in [6.07, 6.45) is 4.71. The maximum Gasteiger partial charge on any atom is 0.260 e. The molecule has 2 N–H and O–H groups in total. The molecule has 1 amide bonds. The molecule has 0 bridgehead atoms. The second-order valence-corrected chi connectivity index (χ2v) is 3.55. The highest BCUT2D eigenvalue weighted by Crippen LogP contribution is 2.14. The molecule has 86 valence electrons. The number of rotatable bonds is 2. The lowest BCUT2D eigenvalue weighted by Crippen LogP contribution is -2.27. The van der Waals surface area contributed by atoms with Crippen LogP contribution in [0.3, 0.4) is 0 Å². The average molecular weight is 228 g/mol. The van der Waals surface area contributed by atoms with Gasteiger partial charge in [-0.2, -0.15) is 0 Å². The van der Waals surface area contributed by atoms with Crippen LogP contribution in [0.15, 0.2) is 42.9 Å². The smallest absolute Gasteiger partial charge is 0.260 e. The predicted molar refractivity (Wildman–Crippen MR) is 65.6 cm³/mol. The Balaban J connectivity index is 2.27. The summed E-state index contributed by atoms with van der Waals surface area (Å²) in [5.74, 6) is 0.343. The lowest BCUT2D eigenvalue weighted by atomic mass is 10.2. The number of amides is 1. The van der Waals surface area contributed by atoms with Crippen LogP contribution in [0.5, 0.6) is 0 Å². The SMILES string of the molecule is CN(C(=O)c1cccnc1)c1cc(N)ccn1. The lowest BCUT2D eigenvalue weighted by Gasteiger charge is -2.16. The fourth-order valence-electron chi connectivity index (χ4n) is 1.40. The Kier molecular flexibility index (Phi) is 3.00. The van der Waals surface area contributed by atoms with Crippen molar-refractivity contribution in [3.63, 3.8) is 0 Å². The maximum absolute atomic E-state index is 12.1. The van der Waals surface area contributed by atoms with Crippen LogP contribution < -0.4 is 10.6 Å². The van der Waals surface area contributed by atoms with Crippen molar-refractivity contribution in [1.29, 1.82) is 0 Å². The summed E-state index contributed by atoms with van der Waals surface area (Å²) in [5.41, 5.74) is 6.73. The van der Waals surface area contributed by atoms with E-state index in [1.54, 1.807) is 43.7 Å². The zero-order chi connectivity index (χ0) is 12.3. The van der Waals surface area contributed by atoms with Gasteiger partial charge in [0, 0.05) is 37.4 Å². The van der Waals surface area contributed by atoms with Gasteiger partial charge in [0.15, 0.2) is 0 Å². The third kappa shape index (κ3) is 2.39. The molecule has 5 nitrogen and oxygen atoms in total. The van der Waals surface area contributed by atoms with Crippen molar-refractivity contribution in [2.45, 2.75) is 0 Å². The molecule has 2 heterocycles. The number of nitrogens with two attached hydrogens (primary N) is 1. The maximum atomic E-state index is 12.1. The summed E-state index contributed by atoms with van der Waals surface area (Å²) in [6.45, 7) is 0. The van der Waals surface area contributed by atoms with Crippen molar-refractivity contribution in [2.75, 3.05) is 17.7 Å². The molecule has 5 heteroatoms. The number of hydrogen-bond donors (Lipinski definition) is 1. The molecule has 0 saturated carbocycles. The highest BCUT2D eigenvalue weighted by atomic mass is 16.2. The van der Waals surface area contributed by atoms with Crippen molar-refractivity contribution in [1.82, 2.24) is 9.97 Å². The van der Waals surface area contributed by atoms with E-state index < -0.39 is 0 Å². The van der Waals surface area contributed by atoms with Gasteiger partial charge in [-0.05, 0) is 18.2 Å². The normalized spacial score (nSPS) is 9.94. The Morgan fingerprint density at radius 2 is 2.18 bits per heavy atom. The third-order valence-corrected chi connectivity index (χ3v) is 2.33. The quantitative estimate of drug-likeness (QED) is 0.841. The number of carbonyl (C=O) groups excluding carboxylic acids is 1. The Hall–Kier alpha value is -2.43. The van der Waals surface area contributed by atoms with E-state index in [4.69, 9.17) is 5.73 Å². The molecule has 0 aliphatic rings. The first-order valence-corrected chi connectivity index (χ1v) is 5.08. The Labute approximate surface area is 98.9 Å². The first-order chi connectivity index (χ1) is 8.18. The van der Waals surface area contributed by atoms with Crippen LogP contribution in [0.1, 0.15) is 10.4 Å². The molecule has 0 unspecified atom stereocenters. The number of nitrogen functional groups attached to an aromatic ring is 1. The number of anilines is 2. The van der Waals surface area contributed by atoms with Gasteiger partial charge in [0.1, 0.15) is 5.82 Å². The molecule has 0 fully saturated rings. The van der Waals surface area contributed by atoms with E-state index >= 15 is 0 Å². The summed E-state index contributed by atoms with van der Waals surface area (Å²) in [7, 11) is 1.65. The Morgan fingerprint density at radius 3 is 2.82 bits per heavy atom. The zero-order valence-electron chi connectivity index (χ0n) is 9.37. The fraction of sp³-hybridized carbons (Fsp3) is 0.0833. The highest BCUT2D eigenvalue weighted by Gasteiger charge is 2.14. The summed E-state index contributed by atoms with van der Waals surface area (Å²) < 4.78 is 0. The lowest BCUT2D eigenvalue weighted by molar-refractivity contribution is 0.0992. The molecule has 0 saturated heterocycles. The first kappa shape index (κ1) is 11.1. The van der Waals surface area contributed by atoms with Crippen LogP contribution in [-0.4, -0.2) is 22.9 Å². The Bertz CT molecular complexity index is 527. The van der Waals surface area contributed by atoms with Crippen molar-refractivity contribution >= 4 is 17.4 Å². The van der Waals surface area contributed by atoms with E-state index in [1.165, 1.54) is 11.1 Å². The molecular formula is C12H12N4O. The second-order valence-electron chi connectivity index (χ2n) is 3.55. The monoisotopic (exact) mass is 228 g/mol. The second kappa shape index (κ2) is 4.61. The van der Waals surface area contributed by atoms with E-state index in [1.807, 2.05) is 0 Å². The summed E-state index contributed by atoms with van der Waals surface area (Å²) in [6, 6.07) is 6.74. The number of carbonyl (C=O) groups is 1. The van der Waals surface area contributed by atoms with Crippen molar-refractivity contribution in [2.24, 2.45) is 0 Å². The van der Waals surface area contributed by atoms with E-state index in [9.17, 15) is 4.79 Å². The number of pyridine rings is 2. The van der Waals surface area contributed by atoms with Crippen LogP contribution in [0.2, 0.25) is 0 Å². The molecule has 17 heavy (non-hydrogen) atoms.